The Labute approximate surface area is 133 Å². The Morgan fingerprint density at radius 2 is 2.15 bits per heavy atom. The van der Waals surface area contributed by atoms with Crippen molar-refractivity contribution in [3.8, 4) is 11.1 Å². The number of rotatable bonds is 3. The number of aromatic amines is 1. The Hall–Kier alpha value is -1.14. The van der Waals surface area contributed by atoms with E-state index in [1.807, 2.05) is 24.3 Å². The third-order valence-electron chi connectivity index (χ3n) is 3.48. The molecule has 1 aliphatic heterocycles. The van der Waals surface area contributed by atoms with E-state index in [0.29, 0.717) is 12.3 Å². The molecule has 1 aromatic heterocycles. The highest BCUT2D eigenvalue weighted by Crippen LogP contribution is 2.36. The fourth-order valence-electron chi connectivity index (χ4n) is 2.46. The van der Waals surface area contributed by atoms with Crippen molar-refractivity contribution in [1.29, 1.82) is 0 Å². The van der Waals surface area contributed by atoms with E-state index in [2.05, 4.69) is 42.1 Å². The maximum Gasteiger partial charge on any atom is 0.228 e. The van der Waals surface area contributed by atoms with Gasteiger partial charge in [-0.1, -0.05) is 50.1 Å². The highest BCUT2D eigenvalue weighted by atomic mass is 79.9. The first kappa shape index (κ1) is 13.8. The van der Waals surface area contributed by atoms with Crippen LogP contribution in [0.1, 0.15) is 6.42 Å². The van der Waals surface area contributed by atoms with Crippen LogP contribution in [0.2, 0.25) is 0 Å². The van der Waals surface area contributed by atoms with E-state index in [-0.39, 0.29) is 5.91 Å². The van der Waals surface area contributed by atoms with Crippen molar-refractivity contribution in [3.05, 3.63) is 34.9 Å². The van der Waals surface area contributed by atoms with Gasteiger partial charge in [-0.15, -0.1) is 0 Å². The van der Waals surface area contributed by atoms with Gasteiger partial charge >= 0.3 is 0 Å². The quantitative estimate of drug-likeness (QED) is 0.803. The van der Waals surface area contributed by atoms with Crippen LogP contribution < -0.4 is 4.90 Å². The lowest BCUT2D eigenvalue weighted by Crippen LogP contribution is -2.25. The second kappa shape index (κ2) is 5.69. The summed E-state index contributed by atoms with van der Waals surface area (Å²) in [7, 11) is 0. The molecule has 6 heteroatoms. The van der Waals surface area contributed by atoms with Crippen LogP contribution in [0, 0.1) is 5.92 Å². The van der Waals surface area contributed by atoms with Crippen LogP contribution in [0.3, 0.4) is 0 Å². The van der Waals surface area contributed by atoms with E-state index in [9.17, 15) is 4.79 Å². The van der Waals surface area contributed by atoms with Crippen molar-refractivity contribution < 1.29 is 4.79 Å². The fourth-order valence-corrected chi connectivity index (χ4v) is 3.39. The largest absolute Gasteiger partial charge is 0.296 e. The van der Waals surface area contributed by atoms with E-state index in [0.717, 1.165) is 33.3 Å². The molecule has 3 rings (SSSR count). The molecule has 1 amide bonds. The van der Waals surface area contributed by atoms with Crippen molar-refractivity contribution in [2.45, 2.75) is 6.42 Å². The SMILES string of the molecule is O=C1CC(CBr)CN1c1[nH]ncc1-c1ccccc1Br. The number of hydrogen-bond acceptors (Lipinski definition) is 2. The second-order valence-electron chi connectivity index (χ2n) is 4.84. The molecule has 1 N–H and O–H groups in total. The van der Waals surface area contributed by atoms with Crippen LogP contribution in [0.25, 0.3) is 11.1 Å². The molecule has 1 unspecified atom stereocenters. The summed E-state index contributed by atoms with van der Waals surface area (Å²) in [5.74, 6) is 1.29. The van der Waals surface area contributed by atoms with Crippen LogP contribution in [0.5, 0.6) is 0 Å². The van der Waals surface area contributed by atoms with E-state index in [1.54, 1.807) is 11.1 Å². The summed E-state index contributed by atoms with van der Waals surface area (Å²) < 4.78 is 0.992. The maximum absolute atomic E-state index is 12.2. The molecule has 0 saturated carbocycles. The molecule has 2 heterocycles. The van der Waals surface area contributed by atoms with Gasteiger partial charge < -0.3 is 0 Å². The number of carbonyl (C=O) groups excluding carboxylic acids is 1. The molecule has 20 heavy (non-hydrogen) atoms. The molecule has 0 aliphatic carbocycles. The predicted octanol–water partition coefficient (Wildman–Crippen LogP) is 3.59. The average molecular weight is 399 g/mol. The third-order valence-corrected chi connectivity index (χ3v) is 5.08. The van der Waals surface area contributed by atoms with Gasteiger partial charge in [0.15, 0.2) is 0 Å². The molecular weight excluding hydrogens is 386 g/mol. The normalized spacial score (nSPS) is 18.8. The number of hydrogen-bond donors (Lipinski definition) is 1. The van der Waals surface area contributed by atoms with Crippen LogP contribution in [-0.4, -0.2) is 28.0 Å². The van der Waals surface area contributed by atoms with Gasteiger partial charge in [-0.2, -0.15) is 5.10 Å². The molecule has 4 nitrogen and oxygen atoms in total. The molecule has 104 valence electrons. The van der Waals surface area contributed by atoms with Crippen molar-refractivity contribution in [1.82, 2.24) is 10.2 Å². The average Bonchev–Trinajstić information content (AvgIpc) is 3.05. The summed E-state index contributed by atoms with van der Waals surface area (Å²) in [6.45, 7) is 0.726. The number of nitrogens with zero attached hydrogens (tertiary/aromatic N) is 2. The number of aromatic nitrogens is 2. The number of carbonyl (C=O) groups is 1. The minimum absolute atomic E-state index is 0.145. The lowest BCUT2D eigenvalue weighted by molar-refractivity contribution is -0.117. The number of halogens is 2. The predicted molar refractivity (Wildman–Crippen MR) is 86.0 cm³/mol. The summed E-state index contributed by atoms with van der Waals surface area (Å²) in [5, 5.41) is 7.93. The smallest absolute Gasteiger partial charge is 0.228 e. The summed E-state index contributed by atoms with van der Waals surface area (Å²) >= 11 is 7.01. The van der Waals surface area contributed by atoms with Crippen molar-refractivity contribution in [2.75, 3.05) is 16.8 Å². The zero-order valence-corrected chi connectivity index (χ0v) is 13.8. The minimum atomic E-state index is 0.145. The molecule has 2 aromatic rings. The Balaban J connectivity index is 1.99. The molecular formula is C14H13Br2N3O. The molecule has 1 atom stereocenters. The van der Waals surface area contributed by atoms with Gasteiger partial charge in [-0.25, -0.2) is 0 Å². The molecule has 0 spiro atoms. The zero-order valence-electron chi connectivity index (χ0n) is 10.6. The Bertz CT molecular complexity index is 641. The summed E-state index contributed by atoms with van der Waals surface area (Å²) in [5.41, 5.74) is 1.98. The van der Waals surface area contributed by atoms with Gasteiger partial charge in [-0.05, 0) is 12.0 Å². The third kappa shape index (κ3) is 2.42. The number of nitrogens with one attached hydrogen (secondary N) is 1. The van der Waals surface area contributed by atoms with E-state index in [1.165, 1.54) is 0 Å². The highest BCUT2D eigenvalue weighted by molar-refractivity contribution is 9.10. The van der Waals surface area contributed by atoms with Crippen LogP contribution >= 0.6 is 31.9 Å². The van der Waals surface area contributed by atoms with Crippen molar-refractivity contribution in [2.24, 2.45) is 5.92 Å². The number of amides is 1. The maximum atomic E-state index is 12.2. The lowest BCUT2D eigenvalue weighted by atomic mass is 10.1. The first-order valence-corrected chi connectivity index (χ1v) is 8.26. The first-order valence-electron chi connectivity index (χ1n) is 6.35. The Morgan fingerprint density at radius 3 is 2.85 bits per heavy atom. The monoisotopic (exact) mass is 397 g/mol. The van der Waals surface area contributed by atoms with Gasteiger partial charge in [0.05, 0.1) is 6.20 Å². The number of alkyl halides is 1. The molecule has 1 aliphatic rings. The second-order valence-corrected chi connectivity index (χ2v) is 6.34. The van der Waals surface area contributed by atoms with Gasteiger partial charge in [0.1, 0.15) is 5.82 Å². The van der Waals surface area contributed by atoms with Gasteiger partial charge in [-0.3, -0.25) is 14.8 Å². The highest BCUT2D eigenvalue weighted by Gasteiger charge is 2.32. The number of H-pyrrole nitrogens is 1. The lowest BCUT2D eigenvalue weighted by Gasteiger charge is -2.16. The molecule has 0 bridgehead atoms. The first-order chi connectivity index (χ1) is 9.70. The Morgan fingerprint density at radius 1 is 1.35 bits per heavy atom. The number of anilines is 1. The van der Waals surface area contributed by atoms with E-state index >= 15 is 0 Å². The summed E-state index contributed by atoms with van der Waals surface area (Å²) in [6.07, 6.45) is 2.35. The van der Waals surface area contributed by atoms with Crippen LogP contribution in [-0.2, 0) is 4.79 Å². The van der Waals surface area contributed by atoms with Crippen LogP contribution in [0.15, 0.2) is 34.9 Å². The van der Waals surface area contributed by atoms with Gasteiger partial charge in [0, 0.05) is 33.9 Å². The van der Waals surface area contributed by atoms with E-state index in [4.69, 9.17) is 0 Å². The molecule has 1 saturated heterocycles. The summed E-state index contributed by atoms with van der Waals surface area (Å²) in [4.78, 5) is 14.0. The minimum Gasteiger partial charge on any atom is -0.296 e. The molecule has 0 radical (unpaired) electrons. The topological polar surface area (TPSA) is 49.0 Å². The number of benzene rings is 1. The zero-order chi connectivity index (χ0) is 14.1. The summed E-state index contributed by atoms with van der Waals surface area (Å²) in [6, 6.07) is 7.94. The standard InChI is InChI=1S/C14H13Br2N3O/c15-6-9-5-13(20)19(8-9)14-11(7-17-18-14)10-3-1-2-4-12(10)16/h1-4,7,9H,5-6,8H2,(H,17,18). The fraction of sp³-hybridized carbons (Fsp3) is 0.286. The molecule has 1 aromatic carbocycles. The van der Waals surface area contributed by atoms with Crippen molar-refractivity contribution in [3.63, 3.8) is 0 Å². The van der Waals surface area contributed by atoms with Gasteiger partial charge in [0.2, 0.25) is 5.91 Å². The van der Waals surface area contributed by atoms with Gasteiger partial charge in [0.25, 0.3) is 0 Å². The van der Waals surface area contributed by atoms with Crippen LogP contribution in [0.4, 0.5) is 5.82 Å². The van der Waals surface area contributed by atoms with E-state index < -0.39 is 0 Å². The Kier molecular flexibility index (Phi) is 3.94. The molecule has 1 fully saturated rings. The van der Waals surface area contributed by atoms with Crippen molar-refractivity contribution >= 4 is 43.6 Å².